The summed E-state index contributed by atoms with van der Waals surface area (Å²) < 4.78 is 255. The second-order valence-corrected chi connectivity index (χ2v) is 7.01. The molecule has 0 aliphatic rings. The van der Waals surface area contributed by atoms with E-state index in [1.807, 2.05) is 0 Å². The number of nitrogen functional groups attached to an aromatic ring is 2. The van der Waals surface area contributed by atoms with Crippen molar-refractivity contribution in [2.75, 3.05) is 11.5 Å². The molecule has 1 aromatic carbocycles. The molecule has 0 unspecified atom stereocenters. The molecule has 38 heavy (non-hydrogen) atoms. The summed E-state index contributed by atoms with van der Waals surface area (Å²) in [7, 11) is 0. The van der Waals surface area contributed by atoms with E-state index < -0.39 is 76.6 Å². The normalized spacial score (nSPS) is 15.9. The number of benzene rings is 1. The molecule has 0 aromatic heterocycles. The number of alkyl halides is 17. The van der Waals surface area contributed by atoms with Gasteiger partial charge < -0.3 is 16.2 Å². The van der Waals surface area contributed by atoms with E-state index in [0.29, 0.717) is 12.1 Å². The van der Waals surface area contributed by atoms with Crippen molar-refractivity contribution in [3.05, 3.63) is 30.0 Å². The Bertz CT molecular complexity index is 1070. The Kier molecular flexibility index (Phi) is 7.88. The van der Waals surface area contributed by atoms with Gasteiger partial charge in [-0.2, -0.15) is 83.4 Å². The van der Waals surface area contributed by atoms with Crippen LogP contribution < -0.4 is 16.2 Å². The maximum absolute atomic E-state index is 13.7. The maximum Gasteiger partial charge on any atom is 0.460 e. The van der Waals surface area contributed by atoms with E-state index in [4.69, 9.17) is 11.5 Å². The molecule has 4 N–H and O–H groups in total. The van der Waals surface area contributed by atoms with Gasteiger partial charge in [-0.25, -0.2) is 0 Å². The zero-order chi connectivity index (χ0) is 30.7. The molecule has 0 heterocycles. The Morgan fingerprint density at radius 3 is 1.32 bits per heavy atom. The highest BCUT2D eigenvalue weighted by molar-refractivity contribution is 5.60. The summed E-state index contributed by atoms with van der Waals surface area (Å²) in [6.45, 7) is 0. The van der Waals surface area contributed by atoms with Crippen LogP contribution in [0.5, 0.6) is 5.75 Å². The highest BCUT2D eigenvalue weighted by Gasteiger charge is 2.95. The van der Waals surface area contributed by atoms with Crippen molar-refractivity contribution < 1.29 is 88.2 Å². The summed E-state index contributed by atoms with van der Waals surface area (Å²) in [6.07, 6.45) is -7.92. The molecule has 0 atom stereocenters. The molecule has 0 aliphatic heterocycles. The summed E-state index contributed by atoms with van der Waals surface area (Å²) >= 11 is 0. The predicted molar refractivity (Wildman–Crippen MR) is 85.8 cm³/mol. The first-order chi connectivity index (χ1) is 16.5. The van der Waals surface area contributed by atoms with E-state index in [9.17, 15) is 83.4 Å². The number of anilines is 2. The molecule has 0 saturated heterocycles. The molecule has 0 amide bonds. The van der Waals surface area contributed by atoms with Crippen molar-refractivity contribution >= 4 is 11.4 Å². The van der Waals surface area contributed by atoms with Crippen molar-refractivity contribution in [1.82, 2.24) is 0 Å². The predicted octanol–water partition coefficient (Wildman–Crippen LogP) is 7.35. The van der Waals surface area contributed by atoms with Crippen LogP contribution in [0.25, 0.3) is 0 Å². The second-order valence-electron chi connectivity index (χ2n) is 7.01. The largest absolute Gasteiger partial charge is 0.460 e. The van der Waals surface area contributed by atoms with E-state index in [0.717, 1.165) is 6.07 Å². The number of allylic oxidation sites excluding steroid dienone is 1. The van der Waals surface area contributed by atoms with Crippen molar-refractivity contribution in [2.24, 2.45) is 0 Å². The van der Waals surface area contributed by atoms with Crippen LogP contribution in [0.3, 0.4) is 0 Å². The van der Waals surface area contributed by atoms with E-state index >= 15 is 0 Å². The molecule has 0 aliphatic carbocycles. The Morgan fingerprint density at radius 2 is 0.921 bits per heavy atom. The number of ether oxygens (including phenoxy) is 1. The van der Waals surface area contributed by atoms with Gasteiger partial charge in [0.05, 0.1) is 5.69 Å². The highest BCUT2D eigenvalue weighted by atomic mass is 19.4. The lowest BCUT2D eigenvalue weighted by Crippen LogP contribution is -2.74. The third kappa shape index (κ3) is 4.47. The molecule has 1 rings (SSSR count). The van der Waals surface area contributed by atoms with Gasteiger partial charge in [-0.1, -0.05) is 0 Å². The van der Waals surface area contributed by atoms with Crippen LogP contribution in [0, 0.1) is 0 Å². The minimum Gasteiger partial charge on any atom is -0.427 e. The lowest BCUT2D eigenvalue weighted by Gasteiger charge is -2.42. The summed E-state index contributed by atoms with van der Waals surface area (Å²) in [5, 5.41) is 0. The molecule has 0 bridgehead atoms. The van der Waals surface area contributed by atoms with Gasteiger partial charge in [-0.05, 0) is 12.1 Å². The van der Waals surface area contributed by atoms with Crippen LogP contribution in [0.1, 0.15) is 0 Å². The molecule has 220 valence electrons. The first-order valence-corrected chi connectivity index (χ1v) is 8.56. The Labute approximate surface area is 195 Å². The maximum atomic E-state index is 13.7. The van der Waals surface area contributed by atoms with Crippen LogP contribution in [-0.2, 0) is 0 Å². The number of hydrogen-bond donors (Lipinski definition) is 2. The van der Waals surface area contributed by atoms with E-state index in [-0.39, 0.29) is 0 Å². The third-order valence-corrected chi connectivity index (χ3v) is 4.41. The molecule has 0 fully saturated rings. The van der Waals surface area contributed by atoms with Crippen LogP contribution in [0.2, 0.25) is 0 Å². The number of hydrogen-bond acceptors (Lipinski definition) is 3. The first-order valence-electron chi connectivity index (χ1n) is 8.56. The van der Waals surface area contributed by atoms with Crippen LogP contribution in [0.15, 0.2) is 30.0 Å². The minimum absolute atomic E-state index is 0.352. The summed E-state index contributed by atoms with van der Waals surface area (Å²) in [5.74, 6) is -65.9. The highest BCUT2D eigenvalue weighted by Crippen LogP contribution is 2.64. The van der Waals surface area contributed by atoms with Crippen molar-refractivity contribution in [3.63, 3.8) is 0 Å². The second kappa shape index (κ2) is 9.06. The van der Waals surface area contributed by atoms with Gasteiger partial charge in [-0.3, -0.25) is 0 Å². The lowest BCUT2D eigenvalue weighted by molar-refractivity contribution is -0.460. The molecule has 0 spiro atoms. The quantitative estimate of drug-likeness (QED) is 0.176. The van der Waals surface area contributed by atoms with E-state index in [2.05, 4.69) is 4.74 Å². The SMILES string of the molecule is Nc1ccc(N)c(OC(F)=C(F)C(F)(F)C(F)(F)C(F)(F)C(F)(F)C(F)(F)C(F)(F)C(F)(F)C(F)(F)F)c1. The number of halogens is 19. The molecule has 22 heteroatoms. The fourth-order valence-electron chi connectivity index (χ4n) is 2.21. The smallest absolute Gasteiger partial charge is 0.427 e. The van der Waals surface area contributed by atoms with Gasteiger partial charge in [0.15, 0.2) is 5.75 Å². The van der Waals surface area contributed by atoms with Crippen molar-refractivity contribution in [3.8, 4) is 5.75 Å². The van der Waals surface area contributed by atoms with Crippen LogP contribution >= 0.6 is 0 Å². The fourth-order valence-corrected chi connectivity index (χ4v) is 2.21. The van der Waals surface area contributed by atoms with Crippen molar-refractivity contribution in [1.29, 1.82) is 0 Å². The molecular formula is C16H7F19N2O. The molecular weight excluding hydrogens is 597 g/mol. The molecule has 0 radical (unpaired) electrons. The van der Waals surface area contributed by atoms with Crippen molar-refractivity contribution in [2.45, 2.75) is 47.6 Å². The van der Waals surface area contributed by atoms with Gasteiger partial charge >= 0.3 is 53.6 Å². The minimum atomic E-state index is -8.94. The average molecular weight is 604 g/mol. The van der Waals surface area contributed by atoms with Gasteiger partial charge in [0.1, 0.15) is 0 Å². The van der Waals surface area contributed by atoms with Crippen LogP contribution in [0.4, 0.5) is 94.8 Å². The Hall–Kier alpha value is -2.97. The third-order valence-electron chi connectivity index (χ3n) is 4.41. The molecule has 1 aromatic rings. The molecule has 0 saturated carbocycles. The van der Waals surface area contributed by atoms with Crippen LogP contribution in [-0.4, -0.2) is 47.6 Å². The summed E-state index contributed by atoms with van der Waals surface area (Å²) in [6, 6.07) is -1.81. The number of rotatable bonds is 9. The summed E-state index contributed by atoms with van der Waals surface area (Å²) in [5.41, 5.74) is 8.81. The standard InChI is InChI=1S/C16H7F19N2O/c17-7(8(18)38-6-3-4(36)1-2-5(6)37)9(19,20)10(21,22)11(23,24)12(25,26)13(27,28)14(29,30)15(31,32)16(33,34)35/h1-3H,36-37H2. The average Bonchev–Trinajstić information content (AvgIpc) is 2.73. The molecule has 3 nitrogen and oxygen atoms in total. The Balaban J connectivity index is 3.69. The topological polar surface area (TPSA) is 61.3 Å². The zero-order valence-electron chi connectivity index (χ0n) is 17.0. The monoisotopic (exact) mass is 604 g/mol. The first kappa shape index (κ1) is 33.1. The van der Waals surface area contributed by atoms with E-state index in [1.54, 1.807) is 0 Å². The van der Waals surface area contributed by atoms with Gasteiger partial charge in [0, 0.05) is 11.8 Å². The zero-order valence-corrected chi connectivity index (χ0v) is 17.0. The van der Waals surface area contributed by atoms with Gasteiger partial charge in [0.25, 0.3) is 0 Å². The Morgan fingerprint density at radius 1 is 0.553 bits per heavy atom. The number of nitrogens with two attached hydrogens (primary N) is 2. The fraction of sp³-hybridized carbons (Fsp3) is 0.500. The lowest BCUT2D eigenvalue weighted by atomic mass is 9.88. The van der Waals surface area contributed by atoms with Gasteiger partial charge in [0.2, 0.25) is 5.83 Å². The van der Waals surface area contributed by atoms with E-state index in [1.165, 1.54) is 0 Å². The summed E-state index contributed by atoms with van der Waals surface area (Å²) in [4.78, 5) is 0. The van der Waals surface area contributed by atoms with Gasteiger partial charge in [-0.15, -0.1) is 0 Å².